The third-order valence-corrected chi connectivity index (χ3v) is 3.24. The van der Waals surface area contributed by atoms with E-state index in [9.17, 15) is 5.11 Å². The highest BCUT2D eigenvalue weighted by atomic mass is 16.3. The third kappa shape index (κ3) is 4.09. The van der Waals surface area contributed by atoms with Gasteiger partial charge in [-0.15, -0.1) is 0 Å². The van der Waals surface area contributed by atoms with E-state index in [4.69, 9.17) is 5.73 Å². The fourth-order valence-electron chi connectivity index (χ4n) is 2.11. The molecule has 0 unspecified atom stereocenters. The van der Waals surface area contributed by atoms with Crippen molar-refractivity contribution in [3.05, 3.63) is 64.7 Å². The normalized spacial score (nSPS) is 10.8. The van der Waals surface area contributed by atoms with Crippen molar-refractivity contribution >= 4 is 5.84 Å². The number of amidine groups is 1. The SMILES string of the molecule is CC.CN=C(N)c1ccccc1Cc1cccc(C)c1O. The number of para-hydroxylation sites is 1. The van der Waals surface area contributed by atoms with Crippen LogP contribution in [0.2, 0.25) is 0 Å². The minimum atomic E-state index is 0.351. The summed E-state index contributed by atoms with van der Waals surface area (Å²) in [6.07, 6.45) is 0.639. The summed E-state index contributed by atoms with van der Waals surface area (Å²) < 4.78 is 0. The number of aryl methyl sites for hydroxylation is 1. The van der Waals surface area contributed by atoms with Gasteiger partial charge in [-0.05, 0) is 23.6 Å². The van der Waals surface area contributed by atoms with Crippen LogP contribution in [0.1, 0.15) is 36.1 Å². The smallest absolute Gasteiger partial charge is 0.125 e. The first-order chi connectivity index (χ1) is 10.1. The number of nitrogens with two attached hydrogens (primary N) is 1. The highest BCUT2D eigenvalue weighted by molar-refractivity contribution is 5.98. The second kappa shape index (κ2) is 8.10. The van der Waals surface area contributed by atoms with Gasteiger partial charge in [0.05, 0.1) is 0 Å². The molecular formula is C18H24N2O. The molecule has 0 spiro atoms. The average Bonchev–Trinajstić information content (AvgIpc) is 2.53. The highest BCUT2D eigenvalue weighted by Crippen LogP contribution is 2.25. The van der Waals surface area contributed by atoms with Crippen molar-refractivity contribution < 1.29 is 5.11 Å². The Morgan fingerprint density at radius 3 is 2.33 bits per heavy atom. The zero-order valence-corrected chi connectivity index (χ0v) is 13.2. The predicted molar refractivity (Wildman–Crippen MR) is 90.1 cm³/mol. The number of phenols is 1. The van der Waals surface area contributed by atoms with Crippen LogP contribution in [0.4, 0.5) is 0 Å². The van der Waals surface area contributed by atoms with Crippen LogP contribution >= 0.6 is 0 Å². The molecule has 3 heteroatoms. The van der Waals surface area contributed by atoms with E-state index in [1.54, 1.807) is 7.05 Å². The minimum absolute atomic E-state index is 0.351. The van der Waals surface area contributed by atoms with Crippen LogP contribution in [0.3, 0.4) is 0 Å². The number of rotatable bonds is 3. The van der Waals surface area contributed by atoms with Crippen LogP contribution in [0, 0.1) is 6.92 Å². The molecule has 2 aromatic rings. The molecule has 0 bridgehead atoms. The molecule has 0 aromatic heterocycles. The Kier molecular flexibility index (Phi) is 6.47. The molecule has 3 nitrogen and oxygen atoms in total. The van der Waals surface area contributed by atoms with Gasteiger partial charge in [0.25, 0.3) is 0 Å². The Labute approximate surface area is 127 Å². The molecular weight excluding hydrogens is 260 g/mol. The molecule has 0 atom stereocenters. The van der Waals surface area contributed by atoms with Crippen molar-refractivity contribution in [2.75, 3.05) is 7.05 Å². The zero-order chi connectivity index (χ0) is 15.8. The first kappa shape index (κ1) is 16.8. The van der Waals surface area contributed by atoms with Gasteiger partial charge in [0, 0.05) is 19.0 Å². The summed E-state index contributed by atoms with van der Waals surface area (Å²) in [6, 6.07) is 13.6. The fourth-order valence-corrected chi connectivity index (χ4v) is 2.11. The van der Waals surface area contributed by atoms with Gasteiger partial charge in [-0.25, -0.2) is 0 Å². The molecule has 112 valence electrons. The molecule has 0 aliphatic carbocycles. The van der Waals surface area contributed by atoms with Gasteiger partial charge >= 0.3 is 0 Å². The summed E-state index contributed by atoms with van der Waals surface area (Å²) in [5.74, 6) is 0.868. The van der Waals surface area contributed by atoms with Gasteiger partial charge in [0.15, 0.2) is 0 Å². The van der Waals surface area contributed by atoms with Crippen molar-refractivity contribution in [1.82, 2.24) is 0 Å². The number of aromatic hydroxyl groups is 1. The summed E-state index contributed by atoms with van der Waals surface area (Å²) in [4.78, 5) is 4.03. The molecule has 0 fully saturated rings. The molecule has 0 radical (unpaired) electrons. The number of phenolic OH excluding ortho intramolecular Hbond substituents is 1. The number of hydrogen-bond donors (Lipinski definition) is 2. The van der Waals surface area contributed by atoms with Crippen LogP contribution in [0.5, 0.6) is 5.75 Å². The van der Waals surface area contributed by atoms with Gasteiger partial charge in [-0.1, -0.05) is 56.3 Å². The average molecular weight is 284 g/mol. The Morgan fingerprint density at radius 1 is 1.05 bits per heavy atom. The monoisotopic (exact) mass is 284 g/mol. The summed E-state index contributed by atoms with van der Waals surface area (Å²) in [6.45, 7) is 5.90. The van der Waals surface area contributed by atoms with E-state index < -0.39 is 0 Å². The van der Waals surface area contributed by atoms with Crippen LogP contribution in [-0.2, 0) is 6.42 Å². The van der Waals surface area contributed by atoms with Crippen molar-refractivity contribution in [2.45, 2.75) is 27.2 Å². The zero-order valence-electron chi connectivity index (χ0n) is 13.2. The van der Waals surface area contributed by atoms with Crippen LogP contribution in [0.25, 0.3) is 0 Å². The number of benzene rings is 2. The second-order valence-electron chi connectivity index (χ2n) is 4.53. The lowest BCUT2D eigenvalue weighted by Crippen LogP contribution is -2.15. The van der Waals surface area contributed by atoms with Crippen molar-refractivity contribution in [3.63, 3.8) is 0 Å². The molecule has 0 amide bonds. The van der Waals surface area contributed by atoms with E-state index in [0.717, 1.165) is 22.3 Å². The van der Waals surface area contributed by atoms with Crippen molar-refractivity contribution in [2.24, 2.45) is 10.7 Å². The van der Waals surface area contributed by atoms with Crippen molar-refractivity contribution in [1.29, 1.82) is 0 Å². The molecule has 0 heterocycles. The Hall–Kier alpha value is -2.29. The lowest BCUT2D eigenvalue weighted by molar-refractivity contribution is 0.465. The largest absolute Gasteiger partial charge is 0.507 e. The van der Waals surface area contributed by atoms with E-state index in [1.165, 1.54) is 0 Å². The van der Waals surface area contributed by atoms with E-state index in [2.05, 4.69) is 4.99 Å². The number of hydrogen-bond acceptors (Lipinski definition) is 2. The minimum Gasteiger partial charge on any atom is -0.507 e. The van der Waals surface area contributed by atoms with Gasteiger partial charge in [-0.3, -0.25) is 4.99 Å². The van der Waals surface area contributed by atoms with Crippen LogP contribution in [-0.4, -0.2) is 18.0 Å². The van der Waals surface area contributed by atoms with E-state index in [0.29, 0.717) is 18.0 Å². The highest BCUT2D eigenvalue weighted by Gasteiger charge is 2.09. The maximum absolute atomic E-state index is 10.1. The van der Waals surface area contributed by atoms with Gasteiger partial charge < -0.3 is 10.8 Å². The number of nitrogens with zero attached hydrogens (tertiary/aromatic N) is 1. The van der Waals surface area contributed by atoms with Gasteiger partial charge in [-0.2, -0.15) is 0 Å². The fraction of sp³-hybridized carbons (Fsp3) is 0.278. The molecule has 0 aliphatic heterocycles. The van der Waals surface area contributed by atoms with Gasteiger partial charge in [0.1, 0.15) is 11.6 Å². The Balaban J connectivity index is 0.00000106. The third-order valence-electron chi connectivity index (χ3n) is 3.24. The molecule has 21 heavy (non-hydrogen) atoms. The predicted octanol–water partition coefficient (Wildman–Crippen LogP) is 3.65. The molecule has 0 saturated carbocycles. The van der Waals surface area contributed by atoms with Crippen LogP contribution in [0.15, 0.2) is 47.5 Å². The first-order valence-corrected chi connectivity index (χ1v) is 7.21. The van der Waals surface area contributed by atoms with E-state index >= 15 is 0 Å². The van der Waals surface area contributed by atoms with Crippen molar-refractivity contribution in [3.8, 4) is 5.75 Å². The molecule has 2 aromatic carbocycles. The summed E-state index contributed by atoms with van der Waals surface area (Å²) in [5, 5.41) is 10.1. The summed E-state index contributed by atoms with van der Waals surface area (Å²) in [7, 11) is 1.68. The standard InChI is InChI=1S/C16H18N2O.C2H6/c1-11-6-5-8-13(15(11)19)10-12-7-3-4-9-14(12)16(17)18-2;1-2/h3-9,19H,10H2,1-2H3,(H2,17,18);1-2H3. The molecule has 2 rings (SSSR count). The lowest BCUT2D eigenvalue weighted by Gasteiger charge is -2.11. The van der Waals surface area contributed by atoms with E-state index in [-0.39, 0.29) is 0 Å². The van der Waals surface area contributed by atoms with Crippen LogP contribution < -0.4 is 5.73 Å². The second-order valence-corrected chi connectivity index (χ2v) is 4.53. The first-order valence-electron chi connectivity index (χ1n) is 7.21. The lowest BCUT2D eigenvalue weighted by atomic mass is 9.97. The Bertz CT molecular complexity index is 618. The molecule has 0 aliphatic rings. The number of aliphatic imine (C=N–C) groups is 1. The maximum Gasteiger partial charge on any atom is 0.125 e. The summed E-state index contributed by atoms with van der Waals surface area (Å²) in [5.41, 5.74) is 9.67. The topological polar surface area (TPSA) is 58.6 Å². The Morgan fingerprint density at radius 2 is 1.67 bits per heavy atom. The maximum atomic E-state index is 10.1. The molecule has 3 N–H and O–H groups in total. The van der Waals surface area contributed by atoms with Gasteiger partial charge in [0.2, 0.25) is 0 Å². The summed E-state index contributed by atoms with van der Waals surface area (Å²) >= 11 is 0. The molecule has 0 saturated heterocycles. The quantitative estimate of drug-likeness (QED) is 0.667. The van der Waals surface area contributed by atoms with E-state index in [1.807, 2.05) is 63.2 Å².